The number of amides is 3. The quantitative estimate of drug-likeness (QED) is 0.414. The first-order chi connectivity index (χ1) is 17.9. The van der Waals surface area contributed by atoms with Crippen LogP contribution in [-0.2, 0) is 20.9 Å². The molecule has 1 aromatic heterocycles. The zero-order chi connectivity index (χ0) is 27.6. The monoisotopic (exact) mass is 546 g/mol. The first-order valence-corrected chi connectivity index (χ1v) is 12.5. The standard InChI is InChI=1S/C27H29ClF2N4O4/c1-27(2,3)38-26(37)33-23(18-13-31-20-10-5-4-8-17(18)20)25(36)34-14-16(29)11-21(34)24(35)32-12-15-7-6-9-19(28)22(15)30/h4-10,13,16,21,23,31H,11-12,14H2,1-3H3,(H,32,35)(H,33,37)/t16-,21+,23?/m1/s1. The lowest BCUT2D eigenvalue weighted by Crippen LogP contribution is -2.50. The average Bonchev–Trinajstić information content (AvgIpc) is 3.45. The van der Waals surface area contributed by atoms with Crippen LogP contribution in [0.25, 0.3) is 10.9 Å². The van der Waals surface area contributed by atoms with E-state index in [0.29, 0.717) is 10.9 Å². The van der Waals surface area contributed by atoms with Crippen molar-refractivity contribution in [2.75, 3.05) is 6.54 Å². The first-order valence-electron chi connectivity index (χ1n) is 12.2. The number of hydrogen-bond donors (Lipinski definition) is 3. The molecule has 11 heteroatoms. The maximum atomic E-state index is 14.6. The van der Waals surface area contributed by atoms with Crippen molar-refractivity contribution in [1.29, 1.82) is 0 Å². The van der Waals surface area contributed by atoms with Crippen LogP contribution in [-0.4, -0.2) is 52.2 Å². The summed E-state index contributed by atoms with van der Waals surface area (Å²) >= 11 is 5.81. The van der Waals surface area contributed by atoms with Crippen LogP contribution in [0.3, 0.4) is 0 Å². The van der Waals surface area contributed by atoms with Gasteiger partial charge in [0.2, 0.25) is 5.91 Å². The van der Waals surface area contributed by atoms with Gasteiger partial charge in [-0.05, 0) is 32.9 Å². The van der Waals surface area contributed by atoms with Crippen molar-refractivity contribution < 1.29 is 27.9 Å². The third-order valence-electron chi connectivity index (χ3n) is 6.16. The number of likely N-dealkylation sites (tertiary alicyclic amines) is 1. The molecule has 0 aliphatic carbocycles. The van der Waals surface area contributed by atoms with Crippen molar-refractivity contribution in [3.63, 3.8) is 0 Å². The number of para-hydroxylation sites is 1. The van der Waals surface area contributed by atoms with Crippen molar-refractivity contribution in [2.45, 2.75) is 57.6 Å². The van der Waals surface area contributed by atoms with Gasteiger partial charge < -0.3 is 25.3 Å². The number of benzene rings is 2. The number of aromatic amines is 1. The van der Waals surface area contributed by atoms with E-state index in [1.54, 1.807) is 45.2 Å². The van der Waals surface area contributed by atoms with Crippen LogP contribution in [0.2, 0.25) is 5.02 Å². The molecule has 2 aromatic carbocycles. The number of fused-ring (bicyclic) bond motifs is 1. The van der Waals surface area contributed by atoms with Gasteiger partial charge >= 0.3 is 6.09 Å². The second-order valence-corrected chi connectivity index (χ2v) is 10.5. The van der Waals surface area contributed by atoms with Gasteiger partial charge in [0.1, 0.15) is 29.7 Å². The van der Waals surface area contributed by atoms with Gasteiger partial charge in [-0.25, -0.2) is 13.6 Å². The Morgan fingerprint density at radius 1 is 1.18 bits per heavy atom. The number of H-pyrrole nitrogens is 1. The minimum atomic E-state index is -1.46. The molecular weight excluding hydrogens is 518 g/mol. The van der Waals surface area contributed by atoms with Gasteiger partial charge in [-0.2, -0.15) is 0 Å². The molecule has 2 heterocycles. The van der Waals surface area contributed by atoms with Crippen LogP contribution < -0.4 is 10.6 Å². The fourth-order valence-corrected chi connectivity index (χ4v) is 4.65. The number of nitrogens with zero attached hydrogens (tertiary/aromatic N) is 1. The van der Waals surface area contributed by atoms with E-state index in [9.17, 15) is 23.2 Å². The Morgan fingerprint density at radius 3 is 2.66 bits per heavy atom. The molecular formula is C27H29ClF2N4O4. The average molecular weight is 547 g/mol. The number of halogens is 3. The SMILES string of the molecule is CC(C)(C)OC(=O)NC(C(=O)N1C[C@H](F)C[C@H]1C(=O)NCc1cccc(Cl)c1F)c1c[nH]c2ccccc12. The van der Waals surface area contributed by atoms with E-state index in [-0.39, 0.29) is 30.1 Å². The highest BCUT2D eigenvalue weighted by Crippen LogP contribution is 2.30. The summed E-state index contributed by atoms with van der Waals surface area (Å²) in [7, 11) is 0. The van der Waals surface area contributed by atoms with Crippen molar-refractivity contribution >= 4 is 40.4 Å². The highest BCUT2D eigenvalue weighted by molar-refractivity contribution is 6.30. The molecule has 1 aliphatic heterocycles. The third-order valence-corrected chi connectivity index (χ3v) is 6.45. The Hall–Kier alpha value is -3.66. The normalized spacial score (nSPS) is 18.3. The molecule has 0 saturated carbocycles. The largest absolute Gasteiger partial charge is 0.444 e. The maximum absolute atomic E-state index is 14.6. The summed E-state index contributed by atoms with van der Waals surface area (Å²) in [5, 5.41) is 5.76. The molecule has 1 fully saturated rings. The van der Waals surface area contributed by atoms with Gasteiger partial charge in [-0.3, -0.25) is 9.59 Å². The summed E-state index contributed by atoms with van der Waals surface area (Å²) in [5.41, 5.74) is 0.503. The highest BCUT2D eigenvalue weighted by Gasteiger charge is 2.43. The molecule has 38 heavy (non-hydrogen) atoms. The van der Waals surface area contributed by atoms with Crippen LogP contribution in [0.4, 0.5) is 13.6 Å². The Balaban J connectivity index is 1.59. The zero-order valence-corrected chi connectivity index (χ0v) is 21.9. The smallest absolute Gasteiger partial charge is 0.408 e. The number of carbonyl (C=O) groups excluding carboxylic acids is 3. The Kier molecular flexibility index (Phi) is 7.91. The van der Waals surface area contributed by atoms with Crippen LogP contribution >= 0.6 is 11.6 Å². The predicted molar refractivity (Wildman–Crippen MR) is 139 cm³/mol. The van der Waals surface area contributed by atoms with E-state index < -0.39 is 47.6 Å². The molecule has 3 amide bonds. The van der Waals surface area contributed by atoms with Gasteiger partial charge in [0.25, 0.3) is 5.91 Å². The molecule has 1 aliphatic rings. The van der Waals surface area contributed by atoms with E-state index in [1.165, 1.54) is 12.1 Å². The number of ether oxygens (including phenoxy) is 1. The van der Waals surface area contributed by atoms with Gasteiger partial charge in [0.05, 0.1) is 11.6 Å². The summed E-state index contributed by atoms with van der Waals surface area (Å²) in [6, 6.07) is 9.18. The fraction of sp³-hybridized carbons (Fsp3) is 0.370. The summed E-state index contributed by atoms with van der Waals surface area (Å²) in [6.45, 7) is 4.53. The third kappa shape index (κ3) is 6.07. The molecule has 3 atom stereocenters. The van der Waals surface area contributed by atoms with Crippen LogP contribution in [0, 0.1) is 5.82 Å². The van der Waals surface area contributed by atoms with E-state index in [2.05, 4.69) is 15.6 Å². The summed E-state index contributed by atoms with van der Waals surface area (Å²) in [4.78, 5) is 43.8. The Morgan fingerprint density at radius 2 is 1.92 bits per heavy atom. The molecule has 1 unspecified atom stereocenters. The Bertz CT molecular complexity index is 1360. The van der Waals surface area contributed by atoms with Crippen molar-refractivity contribution in [3.8, 4) is 0 Å². The van der Waals surface area contributed by atoms with Crippen molar-refractivity contribution in [3.05, 3.63) is 70.6 Å². The molecule has 8 nitrogen and oxygen atoms in total. The minimum absolute atomic E-state index is 0.0898. The van der Waals surface area contributed by atoms with E-state index in [1.807, 2.05) is 12.1 Å². The lowest BCUT2D eigenvalue weighted by molar-refractivity contribution is -0.140. The number of aromatic nitrogens is 1. The molecule has 3 N–H and O–H groups in total. The van der Waals surface area contributed by atoms with Gasteiger partial charge in [0.15, 0.2) is 0 Å². The molecule has 0 radical (unpaired) electrons. The van der Waals surface area contributed by atoms with Crippen LogP contribution in [0.5, 0.6) is 0 Å². The molecule has 0 bridgehead atoms. The topological polar surface area (TPSA) is 104 Å². The number of hydrogen-bond acceptors (Lipinski definition) is 4. The summed E-state index contributed by atoms with van der Waals surface area (Å²) < 4.78 is 34.2. The summed E-state index contributed by atoms with van der Waals surface area (Å²) in [6.07, 6.45) is -0.940. The minimum Gasteiger partial charge on any atom is -0.444 e. The second kappa shape index (κ2) is 11.0. The Labute approximate surface area is 223 Å². The number of alkyl halides is 1. The number of nitrogens with one attached hydrogen (secondary N) is 3. The highest BCUT2D eigenvalue weighted by atomic mass is 35.5. The predicted octanol–water partition coefficient (Wildman–Crippen LogP) is 4.78. The van der Waals surface area contributed by atoms with Gasteiger partial charge in [-0.15, -0.1) is 0 Å². The van der Waals surface area contributed by atoms with E-state index in [4.69, 9.17) is 16.3 Å². The first kappa shape index (κ1) is 27.4. The number of rotatable bonds is 6. The van der Waals surface area contributed by atoms with Crippen LogP contribution in [0.15, 0.2) is 48.7 Å². The second-order valence-electron chi connectivity index (χ2n) is 10.1. The number of alkyl carbamates (subject to hydrolysis) is 1. The lowest BCUT2D eigenvalue weighted by atomic mass is 10.0. The van der Waals surface area contributed by atoms with Crippen LogP contribution in [0.1, 0.15) is 44.4 Å². The molecule has 4 rings (SSSR count). The van der Waals surface area contributed by atoms with Gasteiger partial charge in [0, 0.05) is 41.2 Å². The van der Waals surface area contributed by atoms with E-state index in [0.717, 1.165) is 10.4 Å². The summed E-state index contributed by atoms with van der Waals surface area (Å²) in [5.74, 6) is -1.99. The fourth-order valence-electron chi connectivity index (χ4n) is 4.46. The molecule has 202 valence electrons. The van der Waals surface area contributed by atoms with E-state index >= 15 is 0 Å². The van der Waals surface area contributed by atoms with Crippen molar-refractivity contribution in [2.24, 2.45) is 0 Å². The van der Waals surface area contributed by atoms with Crippen molar-refractivity contribution in [1.82, 2.24) is 20.5 Å². The zero-order valence-electron chi connectivity index (χ0n) is 21.2. The molecule has 3 aromatic rings. The number of carbonyl (C=O) groups is 3. The maximum Gasteiger partial charge on any atom is 0.408 e. The molecule has 0 spiro atoms. The lowest BCUT2D eigenvalue weighted by Gasteiger charge is -2.29. The van der Waals surface area contributed by atoms with Gasteiger partial charge in [-0.1, -0.05) is 41.9 Å². The molecule has 1 saturated heterocycles.